The molecule has 1 aliphatic rings. The van der Waals surface area contributed by atoms with Crippen LogP contribution in [0.4, 0.5) is 0 Å². The van der Waals surface area contributed by atoms with Crippen molar-refractivity contribution < 1.29 is 0 Å². The van der Waals surface area contributed by atoms with Crippen molar-refractivity contribution in [3.8, 4) is 0 Å². The first-order valence-corrected chi connectivity index (χ1v) is 7.76. The number of aryl methyl sites for hydroxylation is 2. The Morgan fingerprint density at radius 3 is 2.41 bits per heavy atom. The second-order valence-electron chi connectivity index (χ2n) is 4.92. The fourth-order valence-electron chi connectivity index (χ4n) is 2.48. The smallest absolute Gasteiger partial charge is 0.0739 e. The molecule has 0 radical (unpaired) electrons. The highest BCUT2D eigenvalue weighted by atomic mass is 79.9. The Labute approximate surface area is 116 Å². The van der Waals surface area contributed by atoms with Gasteiger partial charge in [-0.3, -0.25) is 9.58 Å². The Balaban J connectivity index is 2.10. The van der Waals surface area contributed by atoms with E-state index in [9.17, 15) is 0 Å². The maximum atomic E-state index is 4.45. The van der Waals surface area contributed by atoms with Gasteiger partial charge >= 0.3 is 0 Å². The standard InChI is InChI=1S/C12H20BrN3S/c1-8-5-16(6-9(2)17-8)7-11-12(13)10(3)14-15(11)4/h8-9H,5-7H2,1-4H3. The van der Waals surface area contributed by atoms with E-state index in [4.69, 9.17) is 0 Å². The van der Waals surface area contributed by atoms with Crippen molar-refractivity contribution in [2.45, 2.75) is 37.8 Å². The third-order valence-electron chi connectivity index (χ3n) is 3.13. The van der Waals surface area contributed by atoms with E-state index in [0.717, 1.165) is 22.7 Å². The second kappa shape index (κ2) is 5.33. The fourth-order valence-corrected chi connectivity index (χ4v) is 4.33. The summed E-state index contributed by atoms with van der Waals surface area (Å²) >= 11 is 5.74. The molecular formula is C12H20BrN3S. The summed E-state index contributed by atoms with van der Waals surface area (Å²) in [6.07, 6.45) is 0. The van der Waals surface area contributed by atoms with Crippen LogP contribution in [0.3, 0.4) is 0 Å². The molecule has 0 aromatic carbocycles. The maximum absolute atomic E-state index is 4.45. The molecule has 17 heavy (non-hydrogen) atoms. The van der Waals surface area contributed by atoms with Crippen LogP contribution in [0.5, 0.6) is 0 Å². The van der Waals surface area contributed by atoms with Crippen LogP contribution in [0, 0.1) is 6.92 Å². The molecule has 1 saturated heterocycles. The number of hydrogen-bond acceptors (Lipinski definition) is 3. The van der Waals surface area contributed by atoms with Crippen molar-refractivity contribution in [2.75, 3.05) is 13.1 Å². The Bertz CT molecular complexity index is 395. The first-order valence-electron chi connectivity index (χ1n) is 6.03. The first kappa shape index (κ1) is 13.4. The molecule has 0 N–H and O–H groups in total. The SMILES string of the molecule is Cc1nn(C)c(CN2CC(C)SC(C)C2)c1Br. The number of thioether (sulfide) groups is 1. The number of rotatable bonds is 2. The summed E-state index contributed by atoms with van der Waals surface area (Å²) in [5, 5.41) is 5.91. The summed E-state index contributed by atoms with van der Waals surface area (Å²) in [5.41, 5.74) is 2.36. The van der Waals surface area contributed by atoms with Gasteiger partial charge in [-0.25, -0.2) is 0 Å². The van der Waals surface area contributed by atoms with Gasteiger partial charge in [0.2, 0.25) is 0 Å². The minimum absolute atomic E-state index is 0.729. The molecule has 0 saturated carbocycles. The van der Waals surface area contributed by atoms with Crippen molar-refractivity contribution >= 4 is 27.7 Å². The topological polar surface area (TPSA) is 21.1 Å². The Morgan fingerprint density at radius 1 is 1.35 bits per heavy atom. The summed E-state index contributed by atoms with van der Waals surface area (Å²) in [6.45, 7) is 10.0. The van der Waals surface area contributed by atoms with Crippen LogP contribution in [-0.4, -0.2) is 38.3 Å². The van der Waals surface area contributed by atoms with Crippen molar-refractivity contribution in [1.82, 2.24) is 14.7 Å². The average molecular weight is 318 g/mol. The van der Waals surface area contributed by atoms with Gasteiger partial charge in [0.25, 0.3) is 0 Å². The number of nitrogens with zero attached hydrogens (tertiary/aromatic N) is 3. The summed E-state index contributed by atoms with van der Waals surface area (Å²) in [7, 11) is 2.03. The van der Waals surface area contributed by atoms with Gasteiger partial charge in [-0.1, -0.05) is 13.8 Å². The molecular weight excluding hydrogens is 298 g/mol. The van der Waals surface area contributed by atoms with Crippen LogP contribution in [0.15, 0.2) is 4.47 Å². The lowest BCUT2D eigenvalue weighted by Crippen LogP contribution is -2.40. The molecule has 1 aliphatic heterocycles. The molecule has 2 heterocycles. The van der Waals surface area contributed by atoms with Crippen LogP contribution >= 0.6 is 27.7 Å². The van der Waals surface area contributed by atoms with Crippen molar-refractivity contribution in [3.63, 3.8) is 0 Å². The van der Waals surface area contributed by atoms with Crippen LogP contribution in [0.25, 0.3) is 0 Å². The van der Waals surface area contributed by atoms with Crippen LogP contribution < -0.4 is 0 Å². The first-order chi connectivity index (χ1) is 7.97. The summed E-state index contributed by atoms with van der Waals surface area (Å²) in [4.78, 5) is 2.53. The van der Waals surface area contributed by atoms with Crippen LogP contribution in [-0.2, 0) is 13.6 Å². The zero-order valence-corrected chi connectivity index (χ0v) is 13.3. The molecule has 3 nitrogen and oxygen atoms in total. The monoisotopic (exact) mass is 317 g/mol. The highest BCUT2D eigenvalue weighted by molar-refractivity contribution is 9.10. The predicted octanol–water partition coefficient (Wildman–Crippen LogP) is 2.82. The lowest BCUT2D eigenvalue weighted by atomic mass is 10.3. The summed E-state index contributed by atoms with van der Waals surface area (Å²) in [5.74, 6) is 0. The summed E-state index contributed by atoms with van der Waals surface area (Å²) in [6, 6.07) is 0. The Morgan fingerprint density at radius 2 is 1.94 bits per heavy atom. The molecule has 1 fully saturated rings. The average Bonchev–Trinajstić information content (AvgIpc) is 2.44. The van der Waals surface area contributed by atoms with Gasteiger partial charge in [0.1, 0.15) is 0 Å². The van der Waals surface area contributed by atoms with E-state index in [2.05, 4.69) is 51.5 Å². The zero-order valence-electron chi connectivity index (χ0n) is 10.9. The largest absolute Gasteiger partial charge is 0.295 e. The minimum atomic E-state index is 0.729. The minimum Gasteiger partial charge on any atom is -0.295 e. The van der Waals surface area contributed by atoms with Crippen LogP contribution in [0.2, 0.25) is 0 Å². The van der Waals surface area contributed by atoms with E-state index in [1.54, 1.807) is 0 Å². The van der Waals surface area contributed by atoms with E-state index >= 15 is 0 Å². The summed E-state index contributed by atoms with van der Waals surface area (Å²) < 4.78 is 3.16. The molecule has 0 spiro atoms. The molecule has 2 rings (SSSR count). The molecule has 0 amide bonds. The lowest BCUT2D eigenvalue weighted by molar-refractivity contribution is 0.255. The van der Waals surface area contributed by atoms with Gasteiger partial charge in [-0.05, 0) is 22.9 Å². The van der Waals surface area contributed by atoms with E-state index in [1.807, 2.05) is 18.7 Å². The highest BCUT2D eigenvalue weighted by Gasteiger charge is 2.24. The van der Waals surface area contributed by atoms with Crippen molar-refractivity contribution in [1.29, 1.82) is 0 Å². The Kier molecular flexibility index (Phi) is 4.21. The van der Waals surface area contributed by atoms with Gasteiger partial charge in [0.15, 0.2) is 0 Å². The highest BCUT2D eigenvalue weighted by Crippen LogP contribution is 2.28. The van der Waals surface area contributed by atoms with E-state index in [1.165, 1.54) is 23.3 Å². The zero-order chi connectivity index (χ0) is 12.6. The van der Waals surface area contributed by atoms with Crippen molar-refractivity contribution in [2.24, 2.45) is 7.05 Å². The normalized spacial score (nSPS) is 26.4. The molecule has 5 heteroatoms. The number of halogens is 1. The van der Waals surface area contributed by atoms with Crippen LogP contribution in [0.1, 0.15) is 25.2 Å². The van der Waals surface area contributed by atoms with E-state index in [-0.39, 0.29) is 0 Å². The quantitative estimate of drug-likeness (QED) is 0.837. The molecule has 0 aliphatic carbocycles. The molecule has 0 bridgehead atoms. The molecule has 1 aromatic rings. The maximum Gasteiger partial charge on any atom is 0.0739 e. The molecule has 2 unspecified atom stereocenters. The third-order valence-corrected chi connectivity index (χ3v) is 5.39. The Hall–Kier alpha value is -0.000000000000000111. The lowest BCUT2D eigenvalue weighted by Gasteiger charge is -2.34. The van der Waals surface area contributed by atoms with Gasteiger partial charge in [-0.2, -0.15) is 16.9 Å². The number of hydrogen-bond donors (Lipinski definition) is 0. The molecule has 96 valence electrons. The van der Waals surface area contributed by atoms with Gasteiger partial charge in [0, 0.05) is 37.2 Å². The van der Waals surface area contributed by atoms with Gasteiger partial charge < -0.3 is 0 Å². The fraction of sp³-hybridized carbons (Fsp3) is 0.750. The second-order valence-corrected chi connectivity index (χ2v) is 7.60. The predicted molar refractivity (Wildman–Crippen MR) is 77.4 cm³/mol. The van der Waals surface area contributed by atoms with Crippen molar-refractivity contribution in [3.05, 3.63) is 15.9 Å². The number of aromatic nitrogens is 2. The van der Waals surface area contributed by atoms with E-state index < -0.39 is 0 Å². The van der Waals surface area contributed by atoms with E-state index in [0.29, 0.717) is 0 Å². The molecule has 2 atom stereocenters. The van der Waals surface area contributed by atoms with Gasteiger partial charge in [0.05, 0.1) is 15.9 Å². The third kappa shape index (κ3) is 3.06. The molecule has 1 aromatic heterocycles. The van der Waals surface area contributed by atoms with Gasteiger partial charge in [-0.15, -0.1) is 0 Å².